The van der Waals surface area contributed by atoms with E-state index in [-0.39, 0.29) is 23.0 Å². The number of sulfonamides is 1. The second kappa shape index (κ2) is 8.93. The van der Waals surface area contributed by atoms with Crippen molar-refractivity contribution in [2.24, 2.45) is 0 Å². The van der Waals surface area contributed by atoms with E-state index in [1.807, 2.05) is 0 Å². The van der Waals surface area contributed by atoms with Crippen molar-refractivity contribution in [1.82, 2.24) is 24.4 Å². The van der Waals surface area contributed by atoms with Crippen LogP contribution in [0.4, 0.5) is 5.69 Å². The second-order valence-electron chi connectivity index (χ2n) is 7.26. The predicted octanol–water partition coefficient (Wildman–Crippen LogP) is 1.32. The summed E-state index contributed by atoms with van der Waals surface area (Å²) in [6, 6.07) is 8.12. The molecule has 0 unspecified atom stereocenters. The van der Waals surface area contributed by atoms with E-state index in [2.05, 4.69) is 20.7 Å². The highest BCUT2D eigenvalue weighted by Crippen LogP contribution is 2.26. The lowest BCUT2D eigenvalue weighted by molar-refractivity contribution is -0.115. The number of rotatable bonds is 7. The first-order chi connectivity index (χ1) is 15.3. The Balaban J connectivity index is 1.34. The van der Waals surface area contributed by atoms with Crippen molar-refractivity contribution in [3.8, 4) is 5.69 Å². The maximum absolute atomic E-state index is 12.7. The number of hydrogen-bond acceptors (Lipinski definition) is 7. The smallest absolute Gasteiger partial charge is 0.287 e. The lowest BCUT2D eigenvalue weighted by atomic mass is 10.3. The van der Waals surface area contributed by atoms with E-state index in [9.17, 15) is 18.0 Å². The van der Waals surface area contributed by atoms with Crippen molar-refractivity contribution in [2.45, 2.75) is 24.7 Å². The Bertz CT molecular complexity index is 1210. The summed E-state index contributed by atoms with van der Waals surface area (Å²) in [4.78, 5) is 28.4. The number of carbonyl (C=O) groups excluding carboxylic acids is 2. The van der Waals surface area contributed by atoms with Crippen LogP contribution in [0.2, 0.25) is 0 Å². The summed E-state index contributed by atoms with van der Waals surface area (Å²) in [5, 5.41) is 9.13. The van der Waals surface area contributed by atoms with E-state index >= 15 is 0 Å². The molecule has 1 aliphatic heterocycles. The average Bonchev–Trinajstić information content (AvgIpc) is 3.54. The van der Waals surface area contributed by atoms with E-state index in [1.54, 1.807) is 35.3 Å². The predicted molar refractivity (Wildman–Crippen MR) is 114 cm³/mol. The summed E-state index contributed by atoms with van der Waals surface area (Å²) >= 11 is 0. The largest absolute Gasteiger partial charge is 0.455 e. The van der Waals surface area contributed by atoms with Crippen molar-refractivity contribution in [3.05, 3.63) is 54.5 Å². The third-order valence-corrected chi connectivity index (χ3v) is 7.03. The quantitative estimate of drug-likeness (QED) is 0.544. The molecule has 0 spiro atoms. The minimum atomic E-state index is -3.70. The van der Waals surface area contributed by atoms with Crippen molar-refractivity contribution < 1.29 is 22.4 Å². The Morgan fingerprint density at radius 2 is 1.88 bits per heavy atom. The molecule has 0 aliphatic carbocycles. The minimum absolute atomic E-state index is 0.0264. The van der Waals surface area contributed by atoms with E-state index in [0.29, 0.717) is 18.8 Å². The molecule has 32 heavy (non-hydrogen) atoms. The molecule has 0 atom stereocenters. The maximum atomic E-state index is 12.7. The summed E-state index contributed by atoms with van der Waals surface area (Å²) in [5.41, 5.74) is 1.32. The molecule has 4 rings (SSSR count). The summed E-state index contributed by atoms with van der Waals surface area (Å²) in [7, 11) is -3.70. The summed E-state index contributed by atoms with van der Waals surface area (Å²) in [5.74, 6) is -1.14. The zero-order valence-corrected chi connectivity index (χ0v) is 18.1. The fourth-order valence-electron chi connectivity index (χ4n) is 3.39. The molecule has 3 aromatic rings. The summed E-state index contributed by atoms with van der Waals surface area (Å²) < 4.78 is 33.8. The zero-order valence-electron chi connectivity index (χ0n) is 17.3. The number of nitrogens with one attached hydrogen (secondary N) is 2. The standard InChI is InChI=1S/C20H22N6O5S/c1-14-18(32(29,30)25-8-2-3-9-25)10-17(31-14)20(28)22-11-19(27)24-15-4-6-16(7-5-15)26-13-21-12-23-26/h4-7,10,12-13H,2-3,8-9,11H2,1H3,(H,22,28)(H,24,27). The van der Waals surface area contributed by atoms with Gasteiger partial charge in [0, 0.05) is 24.8 Å². The zero-order chi connectivity index (χ0) is 22.7. The number of aromatic nitrogens is 3. The molecule has 2 N–H and O–H groups in total. The van der Waals surface area contributed by atoms with Crippen molar-refractivity contribution in [1.29, 1.82) is 0 Å². The lowest BCUT2D eigenvalue weighted by Gasteiger charge is -2.14. The first-order valence-electron chi connectivity index (χ1n) is 9.98. The van der Waals surface area contributed by atoms with Gasteiger partial charge < -0.3 is 15.1 Å². The summed E-state index contributed by atoms with van der Waals surface area (Å²) in [6.07, 6.45) is 4.59. The Morgan fingerprint density at radius 3 is 2.53 bits per heavy atom. The lowest BCUT2D eigenvalue weighted by Crippen LogP contribution is -2.32. The van der Waals surface area contributed by atoms with Crippen molar-refractivity contribution in [3.63, 3.8) is 0 Å². The molecule has 11 nitrogen and oxygen atoms in total. The van der Waals surface area contributed by atoms with Gasteiger partial charge in [-0.15, -0.1) is 0 Å². The van der Waals surface area contributed by atoms with Gasteiger partial charge in [-0.2, -0.15) is 9.40 Å². The molecular weight excluding hydrogens is 436 g/mol. The third-order valence-electron chi connectivity index (χ3n) is 5.02. The van der Waals surface area contributed by atoms with Gasteiger partial charge in [0.25, 0.3) is 5.91 Å². The van der Waals surface area contributed by atoms with E-state index in [0.717, 1.165) is 18.5 Å². The SMILES string of the molecule is Cc1oc(C(=O)NCC(=O)Nc2ccc(-n3cncn3)cc2)cc1S(=O)(=O)N1CCCC1. The number of anilines is 1. The van der Waals surface area contributed by atoms with Crippen LogP contribution in [-0.4, -0.2) is 58.9 Å². The third kappa shape index (κ3) is 4.55. The molecule has 0 radical (unpaired) electrons. The molecule has 1 aliphatic rings. The van der Waals surface area contributed by atoms with Gasteiger partial charge in [0.05, 0.1) is 12.2 Å². The molecule has 1 fully saturated rings. The van der Waals surface area contributed by atoms with E-state index in [4.69, 9.17) is 4.42 Å². The first-order valence-corrected chi connectivity index (χ1v) is 11.4. The van der Waals surface area contributed by atoms with Gasteiger partial charge in [-0.05, 0) is 44.0 Å². The van der Waals surface area contributed by atoms with Crippen molar-refractivity contribution in [2.75, 3.05) is 25.0 Å². The molecule has 168 valence electrons. The highest BCUT2D eigenvalue weighted by Gasteiger charge is 2.31. The fraction of sp³-hybridized carbons (Fsp3) is 0.300. The van der Waals surface area contributed by atoms with Crippen LogP contribution in [0.15, 0.2) is 52.3 Å². The number of amides is 2. The van der Waals surface area contributed by atoms with Gasteiger partial charge >= 0.3 is 0 Å². The highest BCUT2D eigenvalue weighted by molar-refractivity contribution is 7.89. The monoisotopic (exact) mass is 458 g/mol. The topological polar surface area (TPSA) is 139 Å². The number of aryl methyl sites for hydroxylation is 1. The van der Waals surface area contributed by atoms with Gasteiger partial charge in [0.1, 0.15) is 23.3 Å². The molecule has 0 bridgehead atoms. The van der Waals surface area contributed by atoms with Gasteiger partial charge in [-0.3, -0.25) is 9.59 Å². The van der Waals surface area contributed by atoms with Crippen LogP contribution < -0.4 is 10.6 Å². The Kier molecular flexibility index (Phi) is 6.06. The first kappa shape index (κ1) is 21.7. The molecular formula is C20H22N6O5S. The molecule has 12 heteroatoms. The highest BCUT2D eigenvalue weighted by atomic mass is 32.2. The molecule has 3 heterocycles. The van der Waals surface area contributed by atoms with Gasteiger partial charge in [-0.25, -0.2) is 18.1 Å². The maximum Gasteiger partial charge on any atom is 0.287 e. The van der Waals surface area contributed by atoms with Crippen LogP contribution in [0.25, 0.3) is 5.69 Å². The molecule has 1 aromatic carbocycles. The van der Waals surface area contributed by atoms with Crippen LogP contribution in [0.1, 0.15) is 29.2 Å². The minimum Gasteiger partial charge on any atom is -0.455 e. The fourth-order valence-corrected chi connectivity index (χ4v) is 5.07. The Labute approximate surface area is 184 Å². The van der Waals surface area contributed by atoms with Gasteiger partial charge in [-0.1, -0.05) is 0 Å². The number of hydrogen-bond donors (Lipinski definition) is 2. The Morgan fingerprint density at radius 1 is 1.16 bits per heavy atom. The Hall–Kier alpha value is -3.51. The number of carbonyl (C=O) groups is 2. The molecule has 2 aromatic heterocycles. The van der Waals surface area contributed by atoms with Crippen LogP contribution in [0.3, 0.4) is 0 Å². The van der Waals surface area contributed by atoms with Crippen LogP contribution in [0.5, 0.6) is 0 Å². The van der Waals surface area contributed by atoms with E-state index < -0.39 is 21.8 Å². The number of nitrogens with zero attached hydrogens (tertiary/aromatic N) is 4. The summed E-state index contributed by atoms with van der Waals surface area (Å²) in [6.45, 7) is 2.09. The van der Waals surface area contributed by atoms with Crippen LogP contribution >= 0.6 is 0 Å². The van der Waals surface area contributed by atoms with Crippen LogP contribution in [0, 0.1) is 6.92 Å². The number of furan rings is 1. The molecule has 1 saturated heterocycles. The van der Waals surface area contributed by atoms with E-state index in [1.165, 1.54) is 23.6 Å². The van der Waals surface area contributed by atoms with Gasteiger partial charge in [0.2, 0.25) is 15.9 Å². The normalized spacial score (nSPS) is 14.4. The van der Waals surface area contributed by atoms with Gasteiger partial charge in [0.15, 0.2) is 5.76 Å². The van der Waals surface area contributed by atoms with Crippen molar-refractivity contribution >= 4 is 27.5 Å². The second-order valence-corrected chi connectivity index (χ2v) is 9.17. The molecule has 2 amide bonds. The number of benzene rings is 1. The average molecular weight is 459 g/mol. The van der Waals surface area contributed by atoms with Crippen LogP contribution in [-0.2, 0) is 14.8 Å². The molecule has 0 saturated carbocycles.